The summed E-state index contributed by atoms with van der Waals surface area (Å²) < 4.78 is 0. The van der Waals surface area contributed by atoms with E-state index >= 15 is 0 Å². The van der Waals surface area contributed by atoms with Gasteiger partial charge in [-0.2, -0.15) is 0 Å². The number of rotatable bonds is 1. The second-order valence-electron chi connectivity index (χ2n) is 4.23. The van der Waals surface area contributed by atoms with Gasteiger partial charge in [0.1, 0.15) is 0 Å². The lowest BCUT2D eigenvalue weighted by Gasteiger charge is -2.37. The summed E-state index contributed by atoms with van der Waals surface area (Å²) in [6.45, 7) is 6.18. The number of halogens is 2. The van der Waals surface area contributed by atoms with Crippen molar-refractivity contribution in [1.29, 1.82) is 0 Å². The van der Waals surface area contributed by atoms with E-state index in [2.05, 4.69) is 17.1 Å². The minimum absolute atomic E-state index is 0. The van der Waals surface area contributed by atoms with Crippen LogP contribution in [0.5, 0.6) is 0 Å². The molecule has 2 heterocycles. The third-order valence-corrected chi connectivity index (χ3v) is 3.36. The highest BCUT2D eigenvalue weighted by molar-refractivity contribution is 5.85. The molecule has 0 aromatic rings. The van der Waals surface area contributed by atoms with Crippen molar-refractivity contribution in [3.8, 4) is 0 Å². The Morgan fingerprint density at radius 1 is 1.14 bits per heavy atom. The number of hydrogen-bond donors (Lipinski definition) is 1. The van der Waals surface area contributed by atoms with Crippen LogP contribution >= 0.6 is 24.8 Å². The number of hydrogen-bond acceptors (Lipinski definition) is 2. The molecule has 4 heteroatoms. The number of nitrogens with zero attached hydrogens (tertiary/aromatic N) is 1. The summed E-state index contributed by atoms with van der Waals surface area (Å²) in [5.41, 5.74) is 0. The van der Waals surface area contributed by atoms with E-state index in [1.807, 2.05) is 0 Å². The topological polar surface area (TPSA) is 15.3 Å². The molecule has 2 fully saturated rings. The zero-order valence-electron chi connectivity index (χ0n) is 8.87. The lowest BCUT2D eigenvalue weighted by atomic mass is 10.0. The van der Waals surface area contributed by atoms with Crippen LogP contribution in [-0.4, -0.2) is 36.6 Å². The van der Waals surface area contributed by atoms with Crippen molar-refractivity contribution in [3.63, 3.8) is 0 Å². The first-order valence-corrected chi connectivity index (χ1v) is 5.34. The Kier molecular flexibility index (Phi) is 7.13. The smallest absolute Gasteiger partial charge is 0.0235 e. The largest absolute Gasteiger partial charge is 0.315 e. The van der Waals surface area contributed by atoms with Crippen molar-refractivity contribution in [3.05, 3.63) is 0 Å². The summed E-state index contributed by atoms with van der Waals surface area (Å²) in [4.78, 5) is 2.71. The Balaban J connectivity index is 0.000000845. The molecule has 0 radical (unpaired) electrons. The van der Waals surface area contributed by atoms with Gasteiger partial charge in [-0.1, -0.05) is 6.42 Å². The lowest BCUT2D eigenvalue weighted by molar-refractivity contribution is 0.114. The summed E-state index contributed by atoms with van der Waals surface area (Å²) in [5.74, 6) is 0. The van der Waals surface area contributed by atoms with Gasteiger partial charge in [0.15, 0.2) is 0 Å². The molecule has 2 nitrogen and oxygen atoms in total. The molecule has 0 aromatic carbocycles. The van der Waals surface area contributed by atoms with Crippen molar-refractivity contribution in [2.24, 2.45) is 0 Å². The van der Waals surface area contributed by atoms with E-state index in [0.717, 1.165) is 12.1 Å². The first kappa shape index (κ1) is 14.5. The van der Waals surface area contributed by atoms with Crippen molar-refractivity contribution in [2.75, 3.05) is 19.6 Å². The van der Waals surface area contributed by atoms with Gasteiger partial charge in [-0.05, 0) is 39.3 Å². The Hall–Kier alpha value is 0.500. The molecule has 1 N–H and O–H groups in total. The fourth-order valence-corrected chi connectivity index (χ4v) is 2.59. The molecule has 0 amide bonds. The first-order chi connectivity index (χ1) is 5.88. The summed E-state index contributed by atoms with van der Waals surface area (Å²) in [5, 5.41) is 3.45. The molecule has 86 valence electrons. The molecule has 2 saturated heterocycles. The fourth-order valence-electron chi connectivity index (χ4n) is 2.59. The van der Waals surface area contributed by atoms with Crippen LogP contribution in [0.1, 0.15) is 32.6 Å². The van der Waals surface area contributed by atoms with E-state index in [1.165, 1.54) is 45.3 Å². The Labute approximate surface area is 99.6 Å². The molecule has 14 heavy (non-hydrogen) atoms. The van der Waals surface area contributed by atoms with Gasteiger partial charge in [0.05, 0.1) is 0 Å². The standard InChI is InChI=1S/C10H20N2.2ClH/c1-9-4-2-3-7-12(9)10-5-6-11-8-10;;/h9-11H,2-8H2,1H3;2*1H. The van der Waals surface area contributed by atoms with Crippen LogP contribution in [0, 0.1) is 0 Å². The molecular formula is C10H22Cl2N2. The molecule has 0 saturated carbocycles. The van der Waals surface area contributed by atoms with Gasteiger partial charge >= 0.3 is 0 Å². The summed E-state index contributed by atoms with van der Waals surface area (Å²) in [6.07, 6.45) is 5.64. The van der Waals surface area contributed by atoms with E-state index in [1.54, 1.807) is 0 Å². The monoisotopic (exact) mass is 240 g/mol. The molecule has 2 atom stereocenters. The zero-order valence-corrected chi connectivity index (χ0v) is 10.5. The first-order valence-electron chi connectivity index (χ1n) is 5.34. The SMILES string of the molecule is CC1CCCCN1C1CCNC1.Cl.Cl. The second kappa shape index (κ2) is 6.89. The lowest BCUT2D eigenvalue weighted by Crippen LogP contribution is -2.45. The number of piperidine rings is 1. The van der Waals surface area contributed by atoms with Crippen molar-refractivity contribution >= 4 is 24.8 Å². The third-order valence-electron chi connectivity index (χ3n) is 3.36. The van der Waals surface area contributed by atoms with Gasteiger partial charge in [0, 0.05) is 18.6 Å². The molecule has 0 bridgehead atoms. The van der Waals surface area contributed by atoms with Gasteiger partial charge in [-0.25, -0.2) is 0 Å². The fraction of sp³-hybridized carbons (Fsp3) is 1.00. The Bertz CT molecular complexity index is 149. The molecule has 0 aromatic heterocycles. The number of likely N-dealkylation sites (tertiary alicyclic amines) is 1. The Morgan fingerprint density at radius 3 is 2.50 bits per heavy atom. The molecule has 2 unspecified atom stereocenters. The minimum atomic E-state index is 0. The molecule has 2 aliphatic rings. The van der Waals surface area contributed by atoms with Gasteiger partial charge in [0.2, 0.25) is 0 Å². The molecule has 0 aliphatic carbocycles. The average molecular weight is 241 g/mol. The van der Waals surface area contributed by atoms with E-state index in [9.17, 15) is 0 Å². The van der Waals surface area contributed by atoms with E-state index < -0.39 is 0 Å². The van der Waals surface area contributed by atoms with Gasteiger partial charge in [0.25, 0.3) is 0 Å². The van der Waals surface area contributed by atoms with Crippen LogP contribution in [0.25, 0.3) is 0 Å². The van der Waals surface area contributed by atoms with Gasteiger partial charge in [-0.15, -0.1) is 24.8 Å². The average Bonchev–Trinajstić information content (AvgIpc) is 2.57. The summed E-state index contributed by atoms with van der Waals surface area (Å²) in [6, 6.07) is 1.68. The second-order valence-corrected chi connectivity index (χ2v) is 4.23. The van der Waals surface area contributed by atoms with Crippen molar-refractivity contribution in [1.82, 2.24) is 10.2 Å². The quantitative estimate of drug-likeness (QED) is 0.756. The molecular weight excluding hydrogens is 219 g/mol. The zero-order chi connectivity index (χ0) is 8.39. The van der Waals surface area contributed by atoms with Crippen LogP contribution in [0.15, 0.2) is 0 Å². The predicted octanol–water partition coefficient (Wildman–Crippen LogP) is 2.07. The van der Waals surface area contributed by atoms with Crippen molar-refractivity contribution in [2.45, 2.75) is 44.7 Å². The summed E-state index contributed by atoms with van der Waals surface area (Å²) in [7, 11) is 0. The van der Waals surface area contributed by atoms with Gasteiger partial charge < -0.3 is 5.32 Å². The van der Waals surface area contributed by atoms with Crippen LogP contribution in [0.4, 0.5) is 0 Å². The molecule has 0 spiro atoms. The molecule has 2 rings (SSSR count). The van der Waals surface area contributed by atoms with Crippen LogP contribution in [0.3, 0.4) is 0 Å². The van der Waals surface area contributed by atoms with E-state index in [-0.39, 0.29) is 24.8 Å². The normalized spacial score (nSPS) is 33.2. The van der Waals surface area contributed by atoms with Gasteiger partial charge in [-0.3, -0.25) is 4.90 Å². The highest BCUT2D eigenvalue weighted by Crippen LogP contribution is 2.21. The minimum Gasteiger partial charge on any atom is -0.315 e. The predicted molar refractivity (Wildman–Crippen MR) is 65.8 cm³/mol. The maximum atomic E-state index is 3.45. The van der Waals surface area contributed by atoms with E-state index in [0.29, 0.717) is 0 Å². The van der Waals surface area contributed by atoms with Crippen LogP contribution in [-0.2, 0) is 0 Å². The highest BCUT2D eigenvalue weighted by atomic mass is 35.5. The van der Waals surface area contributed by atoms with E-state index in [4.69, 9.17) is 0 Å². The van der Waals surface area contributed by atoms with Crippen LogP contribution < -0.4 is 5.32 Å². The number of nitrogens with one attached hydrogen (secondary N) is 1. The molecule has 2 aliphatic heterocycles. The third kappa shape index (κ3) is 3.27. The van der Waals surface area contributed by atoms with Crippen LogP contribution in [0.2, 0.25) is 0 Å². The maximum Gasteiger partial charge on any atom is 0.0235 e. The summed E-state index contributed by atoms with van der Waals surface area (Å²) >= 11 is 0. The van der Waals surface area contributed by atoms with Crippen molar-refractivity contribution < 1.29 is 0 Å². The maximum absolute atomic E-state index is 3.45. The highest BCUT2D eigenvalue weighted by Gasteiger charge is 2.27. The Morgan fingerprint density at radius 2 is 1.93 bits per heavy atom.